The average Bonchev–Trinajstić information content (AvgIpc) is 0.726. The second-order valence-corrected chi connectivity index (χ2v) is 56.1. The fourth-order valence-corrected chi connectivity index (χ4v) is 40.6. The molecule has 0 unspecified atom stereocenters. The van der Waals surface area contributed by atoms with Crippen molar-refractivity contribution in [3.8, 4) is 69.0 Å². The van der Waals surface area contributed by atoms with E-state index in [1.165, 1.54) is 0 Å². The normalized spacial score (nSPS) is 11.9. The van der Waals surface area contributed by atoms with E-state index < -0.39 is 57.1 Å². The van der Waals surface area contributed by atoms with Crippen LogP contribution >= 0.6 is 57.1 Å². The molecule has 28 heteroatoms. The van der Waals surface area contributed by atoms with Crippen LogP contribution in [0.15, 0.2) is 437 Å². The van der Waals surface area contributed by atoms with Crippen LogP contribution in [-0.4, -0.2) is 85.3 Å². The molecule has 0 radical (unpaired) electrons. The molecule has 18 aromatic carbocycles. The fraction of sp³-hybridized carbons (Fsp3) is 0.100. The fourth-order valence-electron chi connectivity index (χ4n) is 18.8. The molecule has 18 aromatic rings. The Kier molecular flexibility index (Phi) is 31.9. The summed E-state index contributed by atoms with van der Waals surface area (Å²) in [6.45, 7) is 0. The van der Waals surface area contributed by atoms with E-state index in [0.717, 1.165) is 0 Å². The summed E-state index contributed by atoms with van der Waals surface area (Å²) in [6, 6.07) is 129. The maximum Gasteiger partial charge on any atom is 0.178 e. The van der Waals surface area contributed by atoms with Gasteiger partial charge in [0, 0.05) is 95.5 Å². The number of ether oxygens (including phenoxy) is 12. The minimum Gasteiger partial charge on any atom is -0.497 e. The number of hydrogen-bond donors (Lipinski definition) is 0. The van der Waals surface area contributed by atoms with Crippen LogP contribution in [-0.2, 0) is 36.5 Å². The highest BCUT2D eigenvalue weighted by atomic mass is 31.2. The average molecular weight is 2120 g/mol. The molecule has 0 spiro atoms. The molecule has 0 atom stereocenters. The van der Waals surface area contributed by atoms with Crippen LogP contribution in [0.2, 0.25) is 0 Å². The van der Waals surface area contributed by atoms with E-state index in [4.69, 9.17) is 56.8 Å². The molecule has 0 saturated heterocycles. The molecule has 0 aliphatic rings. The topological polar surface area (TPSA) is 247 Å². The van der Waals surface area contributed by atoms with E-state index in [0.29, 0.717) is 196 Å². The summed E-state index contributed by atoms with van der Waals surface area (Å²) in [5.74, 6) is 6.37. The van der Waals surface area contributed by atoms with Gasteiger partial charge in [0.2, 0.25) is 0 Å². The van der Waals surface area contributed by atoms with E-state index in [1.807, 2.05) is 72.8 Å². The van der Waals surface area contributed by atoms with Crippen LogP contribution in [0, 0.1) is 0 Å². The number of methoxy groups -OCH3 is 12. The van der Waals surface area contributed by atoms with Crippen molar-refractivity contribution < 1.29 is 93.4 Å². The van der Waals surface area contributed by atoms with Gasteiger partial charge in [0.15, 0.2) is 57.1 Å². The number of rotatable bonds is 36. The summed E-state index contributed by atoms with van der Waals surface area (Å²) >= 11 is 0. The first-order valence-electron chi connectivity index (χ1n) is 47.0. The minimum atomic E-state index is -3.93. The Labute approximate surface area is 862 Å². The zero-order valence-corrected chi connectivity index (χ0v) is 90.5. The number of hydrogen-bond acceptors (Lipinski definition) is 20. The SMILES string of the molecule is COc1ccc(P(=O)(c2ccc(OC)cc2)c2ccc(P(=O)(c3ccc(P(=O)(c4ccc(OC)cc4)c4ccc(OC)cc4)cc3)c3ccc(P(=O)(c4ccc(OC)cc4)c4ccc(OC)cc4)cc3)cc2)cc1.COc1ccccc1P(=O)(c1ccc(P(=O)(c2ccc(P(=O)(c3ccccc3OC)c3ccccc3OC)cc2)c2ccc(P(=O)(c3ccccc3OC)c3ccccc3OC)cc2)cc1)c1ccccc1OC. The highest BCUT2D eigenvalue weighted by Gasteiger charge is 2.44. The van der Waals surface area contributed by atoms with Crippen molar-refractivity contribution in [2.75, 3.05) is 85.3 Å². The molecule has 0 bridgehead atoms. The zero-order valence-electron chi connectivity index (χ0n) is 83.3. The van der Waals surface area contributed by atoms with Gasteiger partial charge in [-0.25, -0.2) is 0 Å². The summed E-state index contributed by atoms with van der Waals surface area (Å²) in [4.78, 5) is 0. The predicted octanol–water partition coefficient (Wildman–Crippen LogP) is 16.6. The van der Waals surface area contributed by atoms with Crippen LogP contribution in [0.3, 0.4) is 0 Å². The van der Waals surface area contributed by atoms with Crippen molar-refractivity contribution in [3.63, 3.8) is 0 Å². The molecule has 0 saturated carbocycles. The first-order valence-corrected chi connectivity index (χ1v) is 60.7. The Morgan fingerprint density at radius 3 is 0.291 bits per heavy atom. The molecule has 18 rings (SSSR count). The van der Waals surface area contributed by atoms with Crippen LogP contribution in [0.4, 0.5) is 0 Å². The van der Waals surface area contributed by atoms with E-state index in [9.17, 15) is 0 Å². The molecule has 0 fully saturated rings. The summed E-state index contributed by atoms with van der Waals surface area (Å²) in [5.41, 5.74) is 0. The monoisotopic (exact) mass is 2120 g/mol. The first-order chi connectivity index (χ1) is 71.8. The lowest BCUT2D eigenvalue weighted by atomic mass is 10.3. The van der Waals surface area contributed by atoms with Gasteiger partial charge in [0.1, 0.15) is 69.0 Å². The Morgan fingerprint density at radius 1 is 0.108 bits per heavy atom. The van der Waals surface area contributed by atoms with Gasteiger partial charge in [-0.1, -0.05) is 218 Å². The highest BCUT2D eigenvalue weighted by molar-refractivity contribution is 7.89. The minimum absolute atomic E-state index is 0.420. The van der Waals surface area contributed by atoms with Gasteiger partial charge in [-0.15, -0.1) is 0 Å². The van der Waals surface area contributed by atoms with E-state index in [2.05, 4.69) is 0 Å². The van der Waals surface area contributed by atoms with E-state index in [1.54, 1.807) is 449 Å². The third-order valence-corrected chi connectivity index (χ3v) is 51.4. The van der Waals surface area contributed by atoms with Gasteiger partial charge in [-0.3, -0.25) is 0 Å². The van der Waals surface area contributed by atoms with Gasteiger partial charge in [-0.05, 0) is 218 Å². The van der Waals surface area contributed by atoms with Crippen molar-refractivity contribution in [2.24, 2.45) is 0 Å². The lowest BCUT2D eigenvalue weighted by molar-refractivity contribution is 0.415. The summed E-state index contributed by atoms with van der Waals surface area (Å²) in [5, 5.41) is 11.9. The highest BCUT2D eigenvalue weighted by Crippen LogP contribution is 2.55. The van der Waals surface area contributed by atoms with Gasteiger partial charge < -0.3 is 93.4 Å². The Bertz CT molecular complexity index is 7130. The lowest BCUT2D eigenvalue weighted by Crippen LogP contribution is -2.31. The third-order valence-electron chi connectivity index (χ3n) is 26.6. The molecule has 0 N–H and O–H groups in total. The second-order valence-electron chi connectivity index (χ2n) is 34.2. The second kappa shape index (κ2) is 45.0. The van der Waals surface area contributed by atoms with Crippen molar-refractivity contribution in [3.05, 3.63) is 437 Å². The van der Waals surface area contributed by atoms with E-state index >= 15 is 36.5 Å². The Hall–Kier alpha value is -14.6. The summed E-state index contributed by atoms with van der Waals surface area (Å²) < 4.78 is 196. The number of para-hydroxylation sites is 6. The van der Waals surface area contributed by atoms with Crippen molar-refractivity contribution in [2.45, 2.75) is 0 Å². The molecule has 0 aliphatic heterocycles. The molecule has 0 heterocycles. The van der Waals surface area contributed by atoms with Crippen LogP contribution in [0.5, 0.6) is 69.0 Å². The maximum absolute atomic E-state index is 16.8. The standard InChI is InChI=1S/2C60H54O10P4/c1-65-43-7-19-49(20-8-43)71(61,50-21-9-44(66-2)10-22-50)55-31-37-58(38-32-55)74(64,59-39-33-56(34-40-59)72(62,51-23-11-45(67-3)12-24-51)52-25-13-46(68-4)14-26-52)60-41-35-57(36-42-60)73(63,53-27-15-47(69-5)16-28-53)54-29-17-48(70-6)18-30-54;1-65-49-19-7-13-25-55(49)72(62,56-26-14-8-20-50(56)66-2)46-37-31-43(32-38-46)71(61,44-33-39-47(40-34-44)73(63,57-27-15-9-21-51(57)67-3)58-28-16-10-22-52(58)68-4)45-35-41-48(42-36-45)74(64,59-29-17-11-23-53(59)69-5)60-30-18-12-24-54(60)70-6/h2*7-42H,1-6H3. The summed E-state index contributed by atoms with van der Waals surface area (Å²) in [7, 11) is -10.9. The molecule has 148 heavy (non-hydrogen) atoms. The molecular formula is C120H108O20P8. The molecular weight excluding hydrogens is 2010 g/mol. The third kappa shape index (κ3) is 19.4. The lowest BCUT2D eigenvalue weighted by Gasteiger charge is -2.26. The van der Waals surface area contributed by atoms with Crippen LogP contribution in [0.25, 0.3) is 0 Å². The van der Waals surface area contributed by atoms with Gasteiger partial charge in [-0.2, -0.15) is 0 Å². The molecule has 0 aromatic heterocycles. The van der Waals surface area contributed by atoms with Gasteiger partial charge >= 0.3 is 0 Å². The van der Waals surface area contributed by atoms with Crippen molar-refractivity contribution in [1.82, 2.24) is 0 Å². The van der Waals surface area contributed by atoms with Gasteiger partial charge in [0.25, 0.3) is 0 Å². The van der Waals surface area contributed by atoms with Crippen LogP contribution < -0.4 is 184 Å². The van der Waals surface area contributed by atoms with Crippen LogP contribution in [0.1, 0.15) is 0 Å². The predicted molar refractivity (Wildman–Crippen MR) is 607 cm³/mol. The Balaban J connectivity index is 0.000000202. The maximum atomic E-state index is 16.8. The molecule has 748 valence electrons. The largest absolute Gasteiger partial charge is 0.497 e. The zero-order chi connectivity index (χ0) is 104. The van der Waals surface area contributed by atoms with Gasteiger partial charge in [0.05, 0.1) is 117 Å². The number of benzene rings is 18. The van der Waals surface area contributed by atoms with Crippen molar-refractivity contribution in [1.29, 1.82) is 0 Å². The van der Waals surface area contributed by atoms with E-state index in [-0.39, 0.29) is 0 Å². The first kappa shape index (κ1) is 105. The van der Waals surface area contributed by atoms with Crippen molar-refractivity contribution >= 4 is 184 Å². The smallest absolute Gasteiger partial charge is 0.178 e. The molecule has 20 nitrogen and oxygen atoms in total. The quantitative estimate of drug-likeness (QED) is 0.0331. The molecule has 0 amide bonds. The molecule has 0 aliphatic carbocycles. The Morgan fingerprint density at radius 2 is 0.196 bits per heavy atom. The summed E-state index contributed by atoms with van der Waals surface area (Å²) in [6.07, 6.45) is 0.